The lowest BCUT2D eigenvalue weighted by Gasteiger charge is -2.27. The van der Waals surface area contributed by atoms with Crippen LogP contribution in [-0.2, 0) is 11.2 Å². The quantitative estimate of drug-likeness (QED) is 0.812. The van der Waals surface area contributed by atoms with Crippen LogP contribution in [0.4, 0.5) is 5.69 Å². The number of fused-ring (bicyclic) bond motifs is 1. The van der Waals surface area contributed by atoms with E-state index < -0.39 is 0 Å². The summed E-state index contributed by atoms with van der Waals surface area (Å²) in [7, 11) is 1.91. The van der Waals surface area contributed by atoms with Gasteiger partial charge in [0.2, 0.25) is 5.91 Å². The maximum atomic E-state index is 12.2. The molecule has 0 aromatic heterocycles. The van der Waals surface area contributed by atoms with E-state index >= 15 is 0 Å². The van der Waals surface area contributed by atoms with E-state index in [0.717, 1.165) is 25.8 Å². The van der Waals surface area contributed by atoms with Gasteiger partial charge in [-0.25, -0.2) is 0 Å². The van der Waals surface area contributed by atoms with E-state index in [1.165, 1.54) is 11.3 Å². The lowest BCUT2D eigenvalue weighted by Crippen LogP contribution is -2.41. The monoisotopic (exact) mass is 260 g/mol. The van der Waals surface area contributed by atoms with Gasteiger partial charge in [0.25, 0.3) is 0 Å². The van der Waals surface area contributed by atoms with E-state index in [4.69, 9.17) is 0 Å². The molecule has 104 valence electrons. The van der Waals surface area contributed by atoms with E-state index in [-0.39, 0.29) is 5.91 Å². The smallest absolute Gasteiger partial charge is 0.241 e. The molecule has 2 rings (SSSR count). The third-order valence-electron chi connectivity index (χ3n) is 3.93. The highest BCUT2D eigenvalue weighted by Gasteiger charge is 2.27. The molecule has 0 aliphatic carbocycles. The molecule has 0 saturated heterocycles. The second kappa shape index (κ2) is 6.09. The Balaban J connectivity index is 2.01. The Morgan fingerprint density at radius 3 is 2.89 bits per heavy atom. The fourth-order valence-electron chi connectivity index (χ4n) is 2.66. The Kier molecular flexibility index (Phi) is 4.46. The number of benzene rings is 1. The first kappa shape index (κ1) is 13.9. The summed E-state index contributed by atoms with van der Waals surface area (Å²) in [4.78, 5) is 16.3. The zero-order valence-corrected chi connectivity index (χ0v) is 12.2. The zero-order valence-electron chi connectivity index (χ0n) is 12.2. The van der Waals surface area contributed by atoms with Crippen molar-refractivity contribution in [2.75, 3.05) is 25.0 Å². The number of anilines is 1. The van der Waals surface area contributed by atoms with Gasteiger partial charge in [-0.1, -0.05) is 31.5 Å². The zero-order chi connectivity index (χ0) is 13.8. The predicted molar refractivity (Wildman–Crippen MR) is 79.5 cm³/mol. The van der Waals surface area contributed by atoms with Gasteiger partial charge in [-0.2, -0.15) is 0 Å². The van der Waals surface area contributed by atoms with Crippen molar-refractivity contribution < 1.29 is 4.79 Å². The molecule has 1 unspecified atom stereocenters. The van der Waals surface area contributed by atoms with Gasteiger partial charge < -0.3 is 9.80 Å². The van der Waals surface area contributed by atoms with Crippen molar-refractivity contribution in [1.29, 1.82) is 0 Å². The number of likely N-dealkylation sites (N-methyl/N-ethyl adjacent to an activating group) is 1. The highest BCUT2D eigenvalue weighted by Crippen LogP contribution is 2.31. The molecule has 0 radical (unpaired) electrons. The van der Waals surface area contributed by atoms with Crippen molar-refractivity contribution >= 4 is 11.6 Å². The molecular formula is C16H24N2O. The normalized spacial score (nSPS) is 17.4. The van der Waals surface area contributed by atoms with Gasteiger partial charge in [-0.05, 0) is 31.4 Å². The molecule has 1 aliphatic heterocycles. The van der Waals surface area contributed by atoms with Crippen LogP contribution in [0.25, 0.3) is 0 Å². The fraction of sp³-hybridized carbons (Fsp3) is 0.562. The molecular weight excluding hydrogens is 236 g/mol. The minimum atomic E-state index is 0.219. The summed E-state index contributed by atoms with van der Waals surface area (Å²) in [6.07, 6.45) is 3.25. The van der Waals surface area contributed by atoms with E-state index in [1.807, 2.05) is 11.9 Å². The molecule has 0 spiro atoms. The molecule has 1 aromatic rings. The molecule has 1 aliphatic rings. The molecule has 19 heavy (non-hydrogen) atoms. The Morgan fingerprint density at radius 2 is 2.16 bits per heavy atom. The second-order valence-corrected chi connectivity index (χ2v) is 5.48. The molecule has 3 heteroatoms. The minimum Gasteiger partial charge on any atom is -0.359 e. The maximum absolute atomic E-state index is 12.2. The van der Waals surface area contributed by atoms with Crippen LogP contribution in [0.2, 0.25) is 0 Å². The highest BCUT2D eigenvalue weighted by atomic mass is 16.2. The molecule has 0 fully saturated rings. The van der Waals surface area contributed by atoms with Crippen molar-refractivity contribution in [3.63, 3.8) is 0 Å². The standard InChI is InChI=1S/C16H24N2O/c1-4-5-10-17(3)16(19)12-18-13(2)11-14-8-6-7-9-15(14)18/h6-9,13H,4-5,10-12H2,1-3H3. The van der Waals surface area contributed by atoms with Gasteiger partial charge in [0, 0.05) is 25.3 Å². The number of hydrogen-bond donors (Lipinski definition) is 0. The number of carbonyl (C=O) groups excluding carboxylic acids is 1. The summed E-state index contributed by atoms with van der Waals surface area (Å²) in [5, 5.41) is 0. The summed E-state index contributed by atoms with van der Waals surface area (Å²) in [6, 6.07) is 8.83. The second-order valence-electron chi connectivity index (χ2n) is 5.48. The molecule has 0 saturated carbocycles. The number of nitrogens with zero attached hydrogens (tertiary/aromatic N) is 2. The largest absolute Gasteiger partial charge is 0.359 e. The number of unbranched alkanes of at least 4 members (excludes halogenated alkanes) is 1. The van der Waals surface area contributed by atoms with Crippen LogP contribution in [0.1, 0.15) is 32.3 Å². The van der Waals surface area contributed by atoms with Gasteiger partial charge in [-0.15, -0.1) is 0 Å². The predicted octanol–water partition coefficient (Wildman–Crippen LogP) is 2.70. The first-order chi connectivity index (χ1) is 9.13. The summed E-state index contributed by atoms with van der Waals surface area (Å²) in [5.74, 6) is 0.219. The van der Waals surface area contributed by atoms with E-state index in [0.29, 0.717) is 12.6 Å². The van der Waals surface area contributed by atoms with Crippen LogP contribution in [0.15, 0.2) is 24.3 Å². The Labute approximate surface area is 116 Å². The van der Waals surface area contributed by atoms with Crippen LogP contribution in [0, 0.1) is 0 Å². The Hall–Kier alpha value is -1.51. The lowest BCUT2D eigenvalue weighted by molar-refractivity contribution is -0.128. The van der Waals surface area contributed by atoms with Gasteiger partial charge in [0.05, 0.1) is 6.54 Å². The number of carbonyl (C=O) groups is 1. The van der Waals surface area contributed by atoms with Crippen LogP contribution in [0.3, 0.4) is 0 Å². The van der Waals surface area contributed by atoms with Crippen molar-refractivity contribution in [3.05, 3.63) is 29.8 Å². The summed E-state index contributed by atoms with van der Waals surface area (Å²) in [5.41, 5.74) is 2.59. The van der Waals surface area contributed by atoms with Crippen molar-refractivity contribution in [3.8, 4) is 0 Å². The summed E-state index contributed by atoms with van der Waals surface area (Å²) in [6.45, 7) is 5.70. The van der Waals surface area contributed by atoms with E-state index in [9.17, 15) is 4.79 Å². The van der Waals surface area contributed by atoms with Crippen molar-refractivity contribution in [1.82, 2.24) is 4.90 Å². The molecule has 1 aromatic carbocycles. The first-order valence-electron chi connectivity index (χ1n) is 7.22. The average molecular weight is 260 g/mol. The Bertz CT molecular complexity index is 444. The topological polar surface area (TPSA) is 23.6 Å². The first-order valence-corrected chi connectivity index (χ1v) is 7.22. The van der Waals surface area contributed by atoms with Gasteiger partial charge in [-0.3, -0.25) is 4.79 Å². The van der Waals surface area contributed by atoms with Crippen molar-refractivity contribution in [2.45, 2.75) is 39.2 Å². The van der Waals surface area contributed by atoms with Crippen LogP contribution < -0.4 is 4.90 Å². The minimum absolute atomic E-state index is 0.219. The fourth-order valence-corrected chi connectivity index (χ4v) is 2.66. The Morgan fingerprint density at radius 1 is 1.42 bits per heavy atom. The average Bonchev–Trinajstić information content (AvgIpc) is 2.72. The number of rotatable bonds is 5. The van der Waals surface area contributed by atoms with Crippen LogP contribution in [0.5, 0.6) is 0 Å². The van der Waals surface area contributed by atoms with Crippen molar-refractivity contribution in [2.24, 2.45) is 0 Å². The molecule has 0 bridgehead atoms. The van der Waals surface area contributed by atoms with E-state index in [1.54, 1.807) is 0 Å². The molecule has 1 atom stereocenters. The third-order valence-corrected chi connectivity index (χ3v) is 3.93. The van der Waals surface area contributed by atoms with Gasteiger partial charge in [0.15, 0.2) is 0 Å². The molecule has 3 nitrogen and oxygen atoms in total. The van der Waals surface area contributed by atoms with E-state index in [2.05, 4.69) is 43.0 Å². The molecule has 1 amide bonds. The number of hydrogen-bond acceptors (Lipinski definition) is 2. The maximum Gasteiger partial charge on any atom is 0.241 e. The summed E-state index contributed by atoms with van der Waals surface area (Å²) < 4.78 is 0. The van der Waals surface area contributed by atoms with Gasteiger partial charge in [0.1, 0.15) is 0 Å². The van der Waals surface area contributed by atoms with Crippen LogP contribution >= 0.6 is 0 Å². The summed E-state index contributed by atoms with van der Waals surface area (Å²) >= 11 is 0. The SMILES string of the molecule is CCCCN(C)C(=O)CN1c2ccccc2CC1C. The molecule has 0 N–H and O–H groups in total. The number of amides is 1. The van der Waals surface area contributed by atoms with Gasteiger partial charge >= 0.3 is 0 Å². The highest BCUT2D eigenvalue weighted by molar-refractivity contribution is 5.82. The van der Waals surface area contributed by atoms with Crippen LogP contribution in [-0.4, -0.2) is 37.0 Å². The molecule has 1 heterocycles. The lowest BCUT2D eigenvalue weighted by atomic mass is 10.1. The third kappa shape index (κ3) is 3.09. The number of para-hydroxylation sites is 1.